The van der Waals surface area contributed by atoms with Crippen LogP contribution in [-0.2, 0) is 0 Å². The highest BCUT2D eigenvalue weighted by Crippen LogP contribution is 2.18. The van der Waals surface area contributed by atoms with Gasteiger partial charge in [-0.3, -0.25) is 0 Å². The van der Waals surface area contributed by atoms with E-state index in [4.69, 9.17) is 5.11 Å². The van der Waals surface area contributed by atoms with E-state index >= 15 is 0 Å². The van der Waals surface area contributed by atoms with Crippen molar-refractivity contribution in [1.29, 1.82) is 0 Å². The van der Waals surface area contributed by atoms with Crippen molar-refractivity contribution in [2.24, 2.45) is 5.92 Å². The normalized spacial score (nSPS) is 12.5. The van der Waals surface area contributed by atoms with E-state index in [9.17, 15) is 4.79 Å². The fraction of sp³-hybridized carbons (Fsp3) is 0.462. The second kappa shape index (κ2) is 5.54. The Morgan fingerprint density at radius 1 is 1.31 bits per heavy atom. The molecule has 0 radical (unpaired) electrons. The molecule has 0 aliphatic heterocycles. The molecule has 0 saturated heterocycles. The van der Waals surface area contributed by atoms with Gasteiger partial charge in [-0.25, -0.2) is 4.79 Å². The van der Waals surface area contributed by atoms with Gasteiger partial charge >= 0.3 is 5.97 Å². The van der Waals surface area contributed by atoms with Crippen molar-refractivity contribution in [3.63, 3.8) is 0 Å². The molecule has 3 nitrogen and oxygen atoms in total. The summed E-state index contributed by atoms with van der Waals surface area (Å²) in [5, 5.41) is 12.3. The first kappa shape index (κ1) is 12.6. The van der Waals surface area contributed by atoms with Crippen molar-refractivity contribution in [1.82, 2.24) is 0 Å². The predicted molar refractivity (Wildman–Crippen MR) is 65.9 cm³/mol. The quantitative estimate of drug-likeness (QED) is 0.802. The van der Waals surface area contributed by atoms with Gasteiger partial charge in [-0.2, -0.15) is 0 Å². The van der Waals surface area contributed by atoms with Crippen LogP contribution < -0.4 is 5.32 Å². The SMILES string of the molecule is CC(C)CC(C)Nc1ccccc1C(=O)O. The van der Waals surface area contributed by atoms with Crippen molar-refractivity contribution >= 4 is 11.7 Å². The van der Waals surface area contributed by atoms with Crippen molar-refractivity contribution < 1.29 is 9.90 Å². The van der Waals surface area contributed by atoms with Gasteiger partial charge in [0.25, 0.3) is 0 Å². The fourth-order valence-electron chi connectivity index (χ4n) is 1.83. The van der Waals surface area contributed by atoms with E-state index in [0.29, 0.717) is 17.2 Å². The van der Waals surface area contributed by atoms with Gasteiger partial charge < -0.3 is 10.4 Å². The van der Waals surface area contributed by atoms with Gasteiger partial charge in [0, 0.05) is 11.7 Å². The van der Waals surface area contributed by atoms with E-state index in [1.54, 1.807) is 18.2 Å². The first-order valence-corrected chi connectivity index (χ1v) is 5.59. The van der Waals surface area contributed by atoms with Gasteiger partial charge in [-0.1, -0.05) is 26.0 Å². The van der Waals surface area contributed by atoms with E-state index < -0.39 is 5.97 Å². The molecule has 1 atom stereocenters. The third-order valence-corrected chi connectivity index (χ3v) is 2.38. The summed E-state index contributed by atoms with van der Waals surface area (Å²) in [5.74, 6) is -0.292. The van der Waals surface area contributed by atoms with Gasteiger partial charge in [-0.05, 0) is 31.4 Å². The zero-order chi connectivity index (χ0) is 12.1. The summed E-state index contributed by atoms with van der Waals surface area (Å²) >= 11 is 0. The topological polar surface area (TPSA) is 49.3 Å². The summed E-state index contributed by atoms with van der Waals surface area (Å²) in [7, 11) is 0. The molecule has 0 amide bonds. The molecule has 3 heteroatoms. The highest BCUT2D eigenvalue weighted by Gasteiger charge is 2.11. The average molecular weight is 221 g/mol. The Balaban J connectivity index is 2.76. The molecular formula is C13H19NO2. The minimum absolute atomic E-state index is 0.278. The Kier molecular flexibility index (Phi) is 4.35. The highest BCUT2D eigenvalue weighted by molar-refractivity contribution is 5.94. The number of rotatable bonds is 5. The molecule has 16 heavy (non-hydrogen) atoms. The summed E-state index contributed by atoms with van der Waals surface area (Å²) in [5.41, 5.74) is 1.03. The van der Waals surface area contributed by atoms with Gasteiger partial charge in [-0.15, -0.1) is 0 Å². The molecule has 1 aromatic carbocycles. The Morgan fingerprint density at radius 3 is 2.50 bits per heavy atom. The number of nitrogens with one attached hydrogen (secondary N) is 1. The molecule has 0 aliphatic carbocycles. The fourth-order valence-corrected chi connectivity index (χ4v) is 1.83. The maximum atomic E-state index is 11.0. The molecule has 0 fully saturated rings. The van der Waals surface area contributed by atoms with Crippen molar-refractivity contribution in [2.75, 3.05) is 5.32 Å². The summed E-state index contributed by atoms with van der Waals surface area (Å²) in [6.45, 7) is 6.38. The molecule has 0 bridgehead atoms. The molecule has 1 aromatic rings. The Labute approximate surface area is 96.5 Å². The third-order valence-electron chi connectivity index (χ3n) is 2.38. The van der Waals surface area contributed by atoms with E-state index in [-0.39, 0.29) is 6.04 Å². The average Bonchev–Trinajstić information content (AvgIpc) is 2.16. The standard InChI is InChI=1S/C13H19NO2/c1-9(2)8-10(3)14-12-7-5-4-6-11(12)13(15)16/h4-7,9-10,14H,8H2,1-3H3,(H,15,16). The summed E-state index contributed by atoms with van der Waals surface area (Å²) in [4.78, 5) is 11.0. The van der Waals surface area contributed by atoms with Crippen LogP contribution in [0.1, 0.15) is 37.6 Å². The molecule has 0 aliphatic rings. The summed E-state index contributed by atoms with van der Waals surface area (Å²) in [6, 6.07) is 7.28. The first-order valence-electron chi connectivity index (χ1n) is 5.59. The number of hydrogen-bond donors (Lipinski definition) is 2. The van der Waals surface area contributed by atoms with E-state index in [2.05, 4.69) is 26.1 Å². The van der Waals surface area contributed by atoms with E-state index in [1.807, 2.05) is 6.07 Å². The highest BCUT2D eigenvalue weighted by atomic mass is 16.4. The van der Waals surface area contributed by atoms with Crippen LogP contribution in [-0.4, -0.2) is 17.1 Å². The monoisotopic (exact) mass is 221 g/mol. The molecular weight excluding hydrogens is 202 g/mol. The van der Waals surface area contributed by atoms with E-state index in [0.717, 1.165) is 6.42 Å². The van der Waals surface area contributed by atoms with Crippen molar-refractivity contribution in [3.8, 4) is 0 Å². The van der Waals surface area contributed by atoms with Crippen LogP contribution in [0.3, 0.4) is 0 Å². The molecule has 88 valence electrons. The second-order valence-electron chi connectivity index (χ2n) is 4.53. The van der Waals surface area contributed by atoms with E-state index in [1.165, 1.54) is 0 Å². The largest absolute Gasteiger partial charge is 0.478 e. The van der Waals surface area contributed by atoms with Crippen LogP contribution in [0.2, 0.25) is 0 Å². The maximum absolute atomic E-state index is 11.0. The smallest absolute Gasteiger partial charge is 0.337 e. The number of hydrogen-bond acceptors (Lipinski definition) is 2. The lowest BCUT2D eigenvalue weighted by atomic mass is 10.0. The lowest BCUT2D eigenvalue weighted by molar-refractivity contribution is 0.0698. The Morgan fingerprint density at radius 2 is 1.94 bits per heavy atom. The number of para-hydroxylation sites is 1. The zero-order valence-corrected chi connectivity index (χ0v) is 10.0. The number of aromatic carboxylic acids is 1. The number of anilines is 1. The maximum Gasteiger partial charge on any atom is 0.337 e. The lowest BCUT2D eigenvalue weighted by Gasteiger charge is -2.18. The molecule has 1 rings (SSSR count). The summed E-state index contributed by atoms with van der Waals surface area (Å²) in [6.07, 6.45) is 1.02. The van der Waals surface area contributed by atoms with Gasteiger partial charge in [0.1, 0.15) is 0 Å². The van der Waals surface area contributed by atoms with Crippen molar-refractivity contribution in [2.45, 2.75) is 33.2 Å². The minimum atomic E-state index is -0.889. The number of benzene rings is 1. The third kappa shape index (κ3) is 3.57. The predicted octanol–water partition coefficient (Wildman–Crippen LogP) is 3.23. The van der Waals surface area contributed by atoms with Crippen LogP contribution >= 0.6 is 0 Å². The first-order chi connectivity index (χ1) is 7.50. The van der Waals surface area contributed by atoms with Gasteiger partial charge in [0.2, 0.25) is 0 Å². The molecule has 0 heterocycles. The van der Waals surface area contributed by atoms with Crippen LogP contribution in [0.15, 0.2) is 24.3 Å². The molecule has 0 saturated carbocycles. The van der Waals surface area contributed by atoms with Crippen LogP contribution in [0.25, 0.3) is 0 Å². The molecule has 2 N–H and O–H groups in total. The van der Waals surface area contributed by atoms with Crippen LogP contribution in [0.5, 0.6) is 0 Å². The van der Waals surface area contributed by atoms with Crippen LogP contribution in [0, 0.1) is 5.92 Å². The zero-order valence-electron chi connectivity index (χ0n) is 10.0. The molecule has 0 spiro atoms. The van der Waals surface area contributed by atoms with Gasteiger partial charge in [0.05, 0.1) is 5.56 Å². The van der Waals surface area contributed by atoms with Crippen molar-refractivity contribution in [3.05, 3.63) is 29.8 Å². The number of carboxylic acids is 1. The number of carboxylic acid groups (broad SMARTS) is 1. The lowest BCUT2D eigenvalue weighted by Crippen LogP contribution is -2.19. The molecule has 0 aromatic heterocycles. The van der Waals surface area contributed by atoms with Crippen LogP contribution in [0.4, 0.5) is 5.69 Å². The molecule has 1 unspecified atom stereocenters. The summed E-state index contributed by atoms with van der Waals surface area (Å²) < 4.78 is 0. The Hall–Kier alpha value is -1.51. The number of carbonyl (C=O) groups is 1. The van der Waals surface area contributed by atoms with Gasteiger partial charge in [0.15, 0.2) is 0 Å². The second-order valence-corrected chi connectivity index (χ2v) is 4.53. The minimum Gasteiger partial charge on any atom is -0.478 e. The Bertz CT molecular complexity index is 361.